The van der Waals surface area contributed by atoms with Crippen LogP contribution in [0.2, 0.25) is 0 Å². The fraction of sp³-hybridized carbons (Fsp3) is 0.667. The number of hydrogen-bond acceptors (Lipinski definition) is 3. The van der Waals surface area contributed by atoms with E-state index < -0.39 is 0 Å². The second kappa shape index (κ2) is 11.7. The molecule has 0 radical (unpaired) electrons. The Bertz CT molecular complexity index is 351. The molecule has 0 aliphatic rings. The summed E-state index contributed by atoms with van der Waals surface area (Å²) in [5.74, 6) is 0.679. The molecule has 0 heterocycles. The summed E-state index contributed by atoms with van der Waals surface area (Å²) >= 11 is 0. The van der Waals surface area contributed by atoms with Gasteiger partial charge in [-0.15, -0.1) is 0 Å². The van der Waals surface area contributed by atoms with E-state index in [-0.39, 0.29) is 0 Å². The summed E-state index contributed by atoms with van der Waals surface area (Å²) in [5.41, 5.74) is 2.76. The maximum atomic E-state index is 5.55. The van der Waals surface area contributed by atoms with Gasteiger partial charge in [-0.1, -0.05) is 36.8 Å². The van der Waals surface area contributed by atoms with Crippen LogP contribution in [0, 0.1) is 12.8 Å². The molecule has 1 atom stereocenters. The molecule has 0 saturated heterocycles. The molecule has 0 saturated carbocycles. The molecule has 0 aliphatic heterocycles. The van der Waals surface area contributed by atoms with Crippen molar-refractivity contribution in [2.45, 2.75) is 33.1 Å². The van der Waals surface area contributed by atoms with Crippen molar-refractivity contribution in [3.05, 3.63) is 35.4 Å². The molecule has 1 rings (SSSR count). The predicted molar refractivity (Wildman–Crippen MR) is 88.8 cm³/mol. The van der Waals surface area contributed by atoms with E-state index in [1.165, 1.54) is 17.5 Å². The normalized spacial score (nSPS) is 12.5. The fourth-order valence-electron chi connectivity index (χ4n) is 2.40. The largest absolute Gasteiger partial charge is 0.382 e. The van der Waals surface area contributed by atoms with Gasteiger partial charge in [-0.25, -0.2) is 0 Å². The number of aryl methyl sites for hydroxylation is 1. The Morgan fingerprint density at radius 3 is 2.52 bits per heavy atom. The minimum absolute atomic E-state index is 0.679. The Kier molecular flexibility index (Phi) is 10.1. The maximum Gasteiger partial charge on any atom is 0.0700 e. The van der Waals surface area contributed by atoms with Gasteiger partial charge in [0.2, 0.25) is 0 Å². The quantitative estimate of drug-likeness (QED) is 0.600. The topological polar surface area (TPSA) is 30.5 Å². The van der Waals surface area contributed by atoms with Gasteiger partial charge in [0.25, 0.3) is 0 Å². The molecule has 3 nitrogen and oxygen atoms in total. The lowest BCUT2D eigenvalue weighted by Gasteiger charge is -2.17. The highest BCUT2D eigenvalue weighted by Gasteiger charge is 2.09. The van der Waals surface area contributed by atoms with E-state index in [4.69, 9.17) is 9.47 Å². The molecule has 1 N–H and O–H groups in total. The minimum Gasteiger partial charge on any atom is -0.382 e. The molecule has 1 aromatic carbocycles. The SMILES string of the molecule is CCNCC(CCCOCCOC)Cc1ccc(C)cc1. The fourth-order valence-corrected chi connectivity index (χ4v) is 2.40. The van der Waals surface area contributed by atoms with Crippen LogP contribution in [0.4, 0.5) is 0 Å². The second-order valence-corrected chi connectivity index (χ2v) is 5.61. The number of nitrogens with one attached hydrogen (secondary N) is 1. The summed E-state index contributed by atoms with van der Waals surface area (Å²) in [4.78, 5) is 0. The first-order valence-corrected chi connectivity index (χ1v) is 8.09. The Labute approximate surface area is 130 Å². The summed E-state index contributed by atoms with van der Waals surface area (Å²) < 4.78 is 10.5. The number of ether oxygens (including phenoxy) is 2. The van der Waals surface area contributed by atoms with Crippen LogP contribution in [0.5, 0.6) is 0 Å². The van der Waals surface area contributed by atoms with Crippen LogP contribution in [0.25, 0.3) is 0 Å². The van der Waals surface area contributed by atoms with Crippen LogP contribution in [0.3, 0.4) is 0 Å². The van der Waals surface area contributed by atoms with Crippen LogP contribution in [0.15, 0.2) is 24.3 Å². The molecule has 1 aromatic rings. The summed E-state index contributed by atoms with van der Waals surface area (Å²) in [5, 5.41) is 3.48. The molecule has 1 unspecified atom stereocenters. The van der Waals surface area contributed by atoms with Gasteiger partial charge in [0.1, 0.15) is 0 Å². The first-order chi connectivity index (χ1) is 10.3. The number of hydrogen-bond donors (Lipinski definition) is 1. The molecule has 21 heavy (non-hydrogen) atoms. The molecule has 0 aromatic heterocycles. The average molecular weight is 293 g/mol. The van der Waals surface area contributed by atoms with Crippen molar-refractivity contribution in [2.24, 2.45) is 5.92 Å². The second-order valence-electron chi connectivity index (χ2n) is 5.61. The van der Waals surface area contributed by atoms with Crippen molar-refractivity contribution >= 4 is 0 Å². The van der Waals surface area contributed by atoms with E-state index in [0.29, 0.717) is 19.1 Å². The van der Waals surface area contributed by atoms with Gasteiger partial charge in [0.15, 0.2) is 0 Å². The zero-order valence-corrected chi connectivity index (χ0v) is 13.9. The monoisotopic (exact) mass is 293 g/mol. The van der Waals surface area contributed by atoms with E-state index in [2.05, 4.69) is 43.4 Å². The van der Waals surface area contributed by atoms with Crippen LogP contribution < -0.4 is 5.32 Å². The lowest BCUT2D eigenvalue weighted by molar-refractivity contribution is 0.0672. The number of benzene rings is 1. The van der Waals surface area contributed by atoms with E-state index in [0.717, 1.165) is 32.5 Å². The van der Waals surface area contributed by atoms with E-state index in [1.807, 2.05) is 0 Å². The van der Waals surface area contributed by atoms with Gasteiger partial charge in [-0.3, -0.25) is 0 Å². The van der Waals surface area contributed by atoms with Crippen LogP contribution in [0.1, 0.15) is 30.9 Å². The summed E-state index contributed by atoms with van der Waals surface area (Å²) in [6.07, 6.45) is 3.46. The standard InChI is InChI=1S/C18H31NO2/c1-4-19-15-18(6-5-11-21-13-12-20-3)14-17-9-7-16(2)8-10-17/h7-10,18-19H,4-6,11-15H2,1-3H3. The van der Waals surface area contributed by atoms with Gasteiger partial charge in [0.05, 0.1) is 13.2 Å². The third-order valence-corrected chi connectivity index (χ3v) is 3.66. The first kappa shape index (κ1) is 18.1. The highest BCUT2D eigenvalue weighted by Crippen LogP contribution is 2.14. The molecule has 3 heteroatoms. The van der Waals surface area contributed by atoms with Crippen LogP contribution in [-0.2, 0) is 15.9 Å². The highest BCUT2D eigenvalue weighted by molar-refractivity contribution is 5.21. The van der Waals surface area contributed by atoms with Crippen molar-refractivity contribution in [1.29, 1.82) is 0 Å². The molecule has 120 valence electrons. The smallest absolute Gasteiger partial charge is 0.0700 e. The van der Waals surface area contributed by atoms with Gasteiger partial charge < -0.3 is 14.8 Å². The maximum absolute atomic E-state index is 5.55. The number of methoxy groups -OCH3 is 1. The van der Waals surface area contributed by atoms with E-state index in [1.54, 1.807) is 7.11 Å². The molecular weight excluding hydrogens is 262 g/mol. The molecule has 0 fully saturated rings. The van der Waals surface area contributed by atoms with Gasteiger partial charge in [-0.2, -0.15) is 0 Å². The molecule has 0 amide bonds. The summed E-state index contributed by atoms with van der Waals surface area (Å²) in [6, 6.07) is 8.91. The zero-order valence-electron chi connectivity index (χ0n) is 13.9. The van der Waals surface area contributed by atoms with Crippen molar-refractivity contribution in [3.63, 3.8) is 0 Å². The Balaban J connectivity index is 2.31. The average Bonchev–Trinajstić information content (AvgIpc) is 2.50. The molecular formula is C18H31NO2. The predicted octanol–water partition coefficient (Wildman–Crippen LogP) is 3.21. The number of rotatable bonds is 12. The summed E-state index contributed by atoms with van der Waals surface area (Å²) in [6.45, 7) is 8.64. The summed E-state index contributed by atoms with van der Waals surface area (Å²) in [7, 11) is 1.71. The molecule has 0 spiro atoms. The third-order valence-electron chi connectivity index (χ3n) is 3.66. The molecule has 0 bridgehead atoms. The Morgan fingerprint density at radius 2 is 1.86 bits per heavy atom. The van der Waals surface area contributed by atoms with E-state index in [9.17, 15) is 0 Å². The Morgan fingerprint density at radius 1 is 1.10 bits per heavy atom. The van der Waals surface area contributed by atoms with E-state index >= 15 is 0 Å². The first-order valence-electron chi connectivity index (χ1n) is 8.09. The van der Waals surface area contributed by atoms with Crippen molar-refractivity contribution in [2.75, 3.05) is 40.0 Å². The van der Waals surface area contributed by atoms with Gasteiger partial charge in [-0.05, 0) is 50.8 Å². The minimum atomic E-state index is 0.679. The van der Waals surface area contributed by atoms with Gasteiger partial charge in [0, 0.05) is 13.7 Å². The molecule has 0 aliphatic carbocycles. The zero-order chi connectivity index (χ0) is 15.3. The van der Waals surface area contributed by atoms with Crippen molar-refractivity contribution in [1.82, 2.24) is 5.32 Å². The Hall–Kier alpha value is -0.900. The third kappa shape index (κ3) is 8.86. The van der Waals surface area contributed by atoms with Crippen LogP contribution >= 0.6 is 0 Å². The highest BCUT2D eigenvalue weighted by atomic mass is 16.5. The lowest BCUT2D eigenvalue weighted by atomic mass is 9.94. The van der Waals surface area contributed by atoms with Gasteiger partial charge >= 0.3 is 0 Å². The lowest BCUT2D eigenvalue weighted by Crippen LogP contribution is -2.24. The van der Waals surface area contributed by atoms with Crippen molar-refractivity contribution < 1.29 is 9.47 Å². The van der Waals surface area contributed by atoms with Crippen LogP contribution in [-0.4, -0.2) is 40.0 Å². The van der Waals surface area contributed by atoms with Crippen molar-refractivity contribution in [3.8, 4) is 0 Å².